The van der Waals surface area contributed by atoms with E-state index < -0.39 is 5.41 Å². The first-order valence-electron chi connectivity index (χ1n) is 15.9. The molecule has 1 aromatic rings. The maximum absolute atomic E-state index is 13.7. The molecule has 0 aromatic heterocycles. The van der Waals surface area contributed by atoms with Gasteiger partial charge < -0.3 is 15.4 Å². The molecule has 4 fully saturated rings. The smallest absolute Gasteiger partial charge is 0.218 e. The molecule has 1 amide bonds. The van der Waals surface area contributed by atoms with Crippen molar-refractivity contribution in [2.24, 2.45) is 45.8 Å². The summed E-state index contributed by atoms with van der Waals surface area (Å²) in [5.41, 5.74) is 2.02. The van der Waals surface area contributed by atoms with E-state index in [1.807, 2.05) is 36.6 Å². The average Bonchev–Trinajstić information content (AvgIpc) is 3.10. The highest BCUT2D eigenvalue weighted by Gasteiger charge is 2.65. The van der Waals surface area contributed by atoms with Crippen LogP contribution in [-0.2, 0) is 20.9 Å². The Balaban J connectivity index is 1.25. The summed E-state index contributed by atoms with van der Waals surface area (Å²) in [4.78, 5) is 26.0. The molecule has 4 aliphatic carbocycles. The molecule has 9 atom stereocenters. The number of hydrogen-bond donors (Lipinski definition) is 2. The third kappa shape index (κ3) is 4.73. The number of carbonyl (C=O) groups is 2. The van der Waals surface area contributed by atoms with Crippen molar-refractivity contribution in [1.29, 1.82) is 0 Å². The van der Waals surface area contributed by atoms with E-state index in [1.165, 1.54) is 19.3 Å². The van der Waals surface area contributed by atoms with E-state index in [9.17, 15) is 9.59 Å². The molecule has 6 rings (SSSR count). The van der Waals surface area contributed by atoms with Crippen molar-refractivity contribution in [1.82, 2.24) is 10.6 Å². The third-order valence-corrected chi connectivity index (χ3v) is 12.5. The number of ketones is 1. The van der Waals surface area contributed by atoms with Crippen LogP contribution in [-0.4, -0.2) is 17.9 Å². The zero-order chi connectivity index (χ0) is 28.8. The van der Waals surface area contributed by atoms with Crippen LogP contribution in [0.1, 0.15) is 84.6 Å². The van der Waals surface area contributed by atoms with Gasteiger partial charge in [0.2, 0.25) is 5.91 Å². The minimum absolute atomic E-state index is 0.0194. The predicted octanol–water partition coefficient (Wildman–Crippen LogP) is 7.07. The highest BCUT2D eigenvalue weighted by atomic mass is 16.5. The molecular weight excluding hydrogens is 508 g/mol. The number of hydrogen-bond acceptors (Lipinski definition) is 4. The van der Waals surface area contributed by atoms with E-state index in [0.29, 0.717) is 48.4 Å². The van der Waals surface area contributed by atoms with Gasteiger partial charge in [-0.3, -0.25) is 9.59 Å². The molecule has 3 unspecified atom stereocenters. The lowest BCUT2D eigenvalue weighted by Crippen LogP contribution is -2.60. The first-order chi connectivity index (χ1) is 19.7. The Bertz CT molecular complexity index is 1250. The standard InChI is InChI=1S/C36H48N2O3/c1-24(39)38-33(41-23-25-11-7-5-8-12-25)29-16-15-27-26-14-17-30-35(3,28(26)18-20-34(27,29)2)21-19-32(40)36(30,4)31-13-9-6-10-22-37-31/h5-13,22,26-30,33,37H,14-21,23H2,1-4H3,(H,38,39)/t26-,27-,28-,29?,30+,33?,34-,35+,36?/m0/s1. The quantitative estimate of drug-likeness (QED) is 0.368. The molecule has 1 aromatic carbocycles. The fourth-order valence-electron chi connectivity index (χ4n) is 10.5. The van der Waals surface area contributed by atoms with Gasteiger partial charge >= 0.3 is 0 Å². The van der Waals surface area contributed by atoms with Crippen LogP contribution >= 0.6 is 0 Å². The van der Waals surface area contributed by atoms with E-state index >= 15 is 0 Å². The summed E-state index contributed by atoms with van der Waals surface area (Å²) in [6.45, 7) is 9.37. The molecule has 1 heterocycles. The van der Waals surface area contributed by atoms with Gasteiger partial charge in [0, 0.05) is 31.2 Å². The van der Waals surface area contributed by atoms with Gasteiger partial charge in [0.25, 0.3) is 0 Å². The number of carbonyl (C=O) groups excluding carboxylic acids is 2. The second-order valence-corrected chi connectivity index (χ2v) is 14.3. The van der Waals surface area contributed by atoms with Gasteiger partial charge in [-0.1, -0.05) is 56.3 Å². The van der Waals surface area contributed by atoms with Crippen LogP contribution in [0.15, 0.2) is 66.5 Å². The zero-order valence-corrected chi connectivity index (χ0v) is 25.3. The average molecular weight is 557 g/mol. The lowest BCUT2D eigenvalue weighted by molar-refractivity contribution is -0.166. The second-order valence-electron chi connectivity index (χ2n) is 14.3. The van der Waals surface area contributed by atoms with Crippen LogP contribution in [0.25, 0.3) is 0 Å². The van der Waals surface area contributed by atoms with E-state index in [-0.39, 0.29) is 23.0 Å². The van der Waals surface area contributed by atoms with E-state index in [1.54, 1.807) is 6.92 Å². The normalized spacial score (nSPS) is 40.3. The summed E-state index contributed by atoms with van der Waals surface area (Å²) in [6, 6.07) is 10.3. The molecule has 5 aliphatic rings. The lowest BCUT2D eigenvalue weighted by Gasteiger charge is -2.64. The molecule has 0 bridgehead atoms. The van der Waals surface area contributed by atoms with Crippen LogP contribution in [0, 0.1) is 45.8 Å². The molecular formula is C36H48N2O3. The summed E-state index contributed by atoms with van der Waals surface area (Å²) < 4.78 is 6.50. The van der Waals surface area contributed by atoms with Gasteiger partial charge in [0.15, 0.2) is 0 Å². The van der Waals surface area contributed by atoms with Crippen molar-refractivity contribution in [2.75, 3.05) is 0 Å². The van der Waals surface area contributed by atoms with Crippen LogP contribution in [0.5, 0.6) is 0 Å². The Morgan fingerprint density at radius 1 is 0.976 bits per heavy atom. The number of fused-ring (bicyclic) bond motifs is 5. The van der Waals surface area contributed by atoms with Crippen LogP contribution in [0.4, 0.5) is 0 Å². The summed E-state index contributed by atoms with van der Waals surface area (Å²) >= 11 is 0. The summed E-state index contributed by atoms with van der Waals surface area (Å²) in [5, 5.41) is 6.70. The fourth-order valence-corrected chi connectivity index (χ4v) is 10.5. The maximum atomic E-state index is 13.7. The Hall–Kier alpha value is -2.66. The highest BCUT2D eigenvalue weighted by molar-refractivity contribution is 5.89. The van der Waals surface area contributed by atoms with Crippen molar-refractivity contribution in [3.8, 4) is 0 Å². The predicted molar refractivity (Wildman–Crippen MR) is 162 cm³/mol. The Labute approximate surface area is 246 Å². The van der Waals surface area contributed by atoms with Crippen molar-refractivity contribution in [3.63, 3.8) is 0 Å². The van der Waals surface area contributed by atoms with Gasteiger partial charge in [-0.2, -0.15) is 0 Å². The van der Waals surface area contributed by atoms with Crippen molar-refractivity contribution in [3.05, 3.63) is 72.1 Å². The van der Waals surface area contributed by atoms with Crippen LogP contribution in [0.2, 0.25) is 0 Å². The Kier molecular flexibility index (Phi) is 7.55. The number of amides is 1. The first kappa shape index (κ1) is 28.5. The number of allylic oxidation sites excluding steroid dienone is 5. The summed E-state index contributed by atoms with van der Waals surface area (Å²) in [7, 11) is 0. The zero-order valence-electron chi connectivity index (χ0n) is 25.3. The van der Waals surface area contributed by atoms with Crippen LogP contribution < -0.4 is 10.6 Å². The van der Waals surface area contributed by atoms with Crippen LogP contribution in [0.3, 0.4) is 0 Å². The molecule has 5 heteroatoms. The molecule has 0 spiro atoms. The number of ether oxygens (including phenoxy) is 1. The molecule has 2 N–H and O–H groups in total. The highest BCUT2D eigenvalue weighted by Crippen LogP contribution is 2.70. The third-order valence-electron chi connectivity index (χ3n) is 12.5. The number of benzene rings is 1. The molecule has 0 saturated heterocycles. The molecule has 1 aliphatic heterocycles. The van der Waals surface area contributed by atoms with Crippen molar-refractivity contribution in [2.45, 2.75) is 91.9 Å². The van der Waals surface area contributed by atoms with Crippen molar-refractivity contribution < 1.29 is 14.3 Å². The Morgan fingerprint density at radius 3 is 2.54 bits per heavy atom. The molecule has 41 heavy (non-hydrogen) atoms. The Morgan fingerprint density at radius 2 is 1.76 bits per heavy atom. The number of rotatable bonds is 6. The van der Waals surface area contributed by atoms with E-state index in [4.69, 9.17) is 4.74 Å². The fraction of sp³-hybridized carbons (Fsp3) is 0.611. The van der Waals surface area contributed by atoms with E-state index in [2.05, 4.69) is 55.7 Å². The van der Waals surface area contributed by atoms with Gasteiger partial charge in [0.05, 0.1) is 12.0 Å². The maximum Gasteiger partial charge on any atom is 0.218 e. The topological polar surface area (TPSA) is 67.4 Å². The van der Waals surface area contributed by atoms with Crippen molar-refractivity contribution >= 4 is 11.7 Å². The largest absolute Gasteiger partial charge is 0.364 e. The minimum Gasteiger partial charge on any atom is -0.364 e. The number of Topliss-reactive ketones (excluding diaryl/α,β-unsaturated/α-hetero) is 1. The summed E-state index contributed by atoms with van der Waals surface area (Å²) in [6.07, 6.45) is 18.6. The minimum atomic E-state index is -0.474. The van der Waals surface area contributed by atoms with Gasteiger partial charge in [-0.05, 0) is 104 Å². The molecule has 0 radical (unpaired) electrons. The van der Waals surface area contributed by atoms with Gasteiger partial charge in [-0.15, -0.1) is 0 Å². The van der Waals surface area contributed by atoms with Gasteiger partial charge in [-0.25, -0.2) is 0 Å². The molecule has 5 nitrogen and oxygen atoms in total. The lowest BCUT2D eigenvalue weighted by atomic mass is 9.40. The monoisotopic (exact) mass is 556 g/mol. The second kappa shape index (κ2) is 10.9. The summed E-state index contributed by atoms with van der Waals surface area (Å²) in [5.74, 6) is 2.96. The molecule has 220 valence electrons. The molecule has 4 saturated carbocycles. The van der Waals surface area contributed by atoms with Gasteiger partial charge in [0.1, 0.15) is 12.0 Å². The number of nitrogens with one attached hydrogen (secondary N) is 2. The SMILES string of the molecule is CC(=O)NC(OCc1ccccc1)C1CC[C@H]2[C@@H]3CC[C@H]4C(C)(C5=CC=CC=CN5)C(=O)CC[C@]4(C)[C@H]3CC[C@]12C. The van der Waals surface area contributed by atoms with E-state index in [0.717, 1.165) is 36.9 Å². The first-order valence-corrected chi connectivity index (χ1v) is 15.9.